The Kier molecular flexibility index (Phi) is 11.8. The second-order valence-electron chi connectivity index (χ2n) is 5.09. The van der Waals surface area contributed by atoms with Gasteiger partial charge in [-0.3, -0.25) is 14.4 Å². The summed E-state index contributed by atoms with van der Waals surface area (Å²) in [5, 5.41) is 2.75. The van der Waals surface area contributed by atoms with Gasteiger partial charge in [-0.15, -0.1) is 0 Å². The summed E-state index contributed by atoms with van der Waals surface area (Å²) >= 11 is 0. The van der Waals surface area contributed by atoms with Crippen LogP contribution in [0.3, 0.4) is 0 Å². The van der Waals surface area contributed by atoms with Gasteiger partial charge in [0.05, 0.1) is 7.11 Å². The lowest BCUT2D eigenvalue weighted by molar-refractivity contribution is -0.138. The predicted molar refractivity (Wildman–Crippen MR) is 85.2 cm³/mol. The number of ether oxygens (including phenoxy) is 1. The molecule has 6 heteroatoms. The Morgan fingerprint density at radius 2 is 1.95 bits per heavy atom. The zero-order chi connectivity index (χ0) is 16.8. The first-order valence-corrected chi connectivity index (χ1v) is 7.73. The third-order valence-electron chi connectivity index (χ3n) is 3.30. The van der Waals surface area contributed by atoms with E-state index >= 15 is 0 Å². The number of carbonyl (C=O) groups is 3. The van der Waals surface area contributed by atoms with Crippen LogP contribution in [-0.2, 0) is 19.1 Å². The number of hydrogen-bond donors (Lipinski definition) is 1. The fourth-order valence-corrected chi connectivity index (χ4v) is 2.01. The highest BCUT2D eigenvalue weighted by molar-refractivity contribution is 5.86. The van der Waals surface area contributed by atoms with Gasteiger partial charge in [-0.2, -0.15) is 0 Å². The second-order valence-corrected chi connectivity index (χ2v) is 5.09. The van der Waals surface area contributed by atoms with Gasteiger partial charge in [-0.1, -0.05) is 19.4 Å². The highest BCUT2D eigenvalue weighted by atomic mass is 16.5. The van der Waals surface area contributed by atoms with Gasteiger partial charge in [-0.25, -0.2) is 0 Å². The summed E-state index contributed by atoms with van der Waals surface area (Å²) in [4.78, 5) is 33.7. The lowest BCUT2D eigenvalue weighted by Gasteiger charge is -2.14. The van der Waals surface area contributed by atoms with Crippen molar-refractivity contribution in [2.75, 3.05) is 26.7 Å². The van der Waals surface area contributed by atoms with Crippen LogP contribution in [0.1, 0.15) is 45.4 Å². The van der Waals surface area contributed by atoms with Crippen LogP contribution in [0.5, 0.6) is 0 Å². The van der Waals surface area contributed by atoms with Crippen molar-refractivity contribution in [2.24, 2.45) is 0 Å². The summed E-state index contributed by atoms with van der Waals surface area (Å²) in [6, 6.07) is 0. The molecule has 1 N–H and O–H groups in total. The second kappa shape index (κ2) is 12.9. The van der Waals surface area contributed by atoms with E-state index in [1.165, 1.54) is 20.1 Å². The van der Waals surface area contributed by atoms with E-state index in [1.54, 1.807) is 0 Å². The number of carbonyl (C=O) groups excluding carboxylic acids is 3. The molecule has 0 radical (unpaired) electrons. The van der Waals surface area contributed by atoms with Gasteiger partial charge < -0.3 is 15.0 Å². The molecule has 126 valence electrons. The first-order chi connectivity index (χ1) is 10.5. The number of hydrogen-bond acceptors (Lipinski definition) is 4. The molecule has 0 spiro atoms. The molecule has 22 heavy (non-hydrogen) atoms. The van der Waals surface area contributed by atoms with Gasteiger partial charge in [0, 0.05) is 33.0 Å². The maximum Gasteiger partial charge on any atom is 0.302 e. The molecule has 0 aliphatic carbocycles. The Morgan fingerprint density at radius 1 is 1.32 bits per heavy atom. The Hall–Kier alpha value is -1.85. The first-order valence-electron chi connectivity index (χ1n) is 7.73. The van der Waals surface area contributed by atoms with Crippen molar-refractivity contribution in [1.29, 1.82) is 0 Å². The van der Waals surface area contributed by atoms with Crippen LogP contribution < -0.4 is 5.32 Å². The summed E-state index contributed by atoms with van der Waals surface area (Å²) < 4.78 is 4.11. The topological polar surface area (TPSA) is 75.7 Å². The van der Waals surface area contributed by atoms with E-state index in [1.807, 2.05) is 4.90 Å². The molecule has 1 rings (SSSR count). The molecule has 0 aromatic heterocycles. The van der Waals surface area contributed by atoms with Gasteiger partial charge in [0.15, 0.2) is 0 Å². The summed E-state index contributed by atoms with van der Waals surface area (Å²) in [5.41, 5.74) is 0. The number of likely N-dealkylation sites (tertiary alicyclic amines) is 1. The maximum absolute atomic E-state index is 11.3. The number of unbranched alkanes of at least 4 members (excludes halogenated alkanes) is 3. The Labute approximate surface area is 132 Å². The standard InChI is InChI=1S/C13H22N2O2.C3H6O2/c1-2-12(16)14-9-5-3-4-6-10-15-11-7-8-13(15)17;1-3(4)5-2/h2H,1,3-11H2,(H,14,16);1-2H3. The van der Waals surface area contributed by atoms with Crippen molar-refractivity contribution in [1.82, 2.24) is 10.2 Å². The van der Waals surface area contributed by atoms with Gasteiger partial charge in [0.25, 0.3) is 0 Å². The molecule has 0 aromatic rings. The van der Waals surface area contributed by atoms with Crippen molar-refractivity contribution in [3.8, 4) is 0 Å². The van der Waals surface area contributed by atoms with Crippen LogP contribution in [0.4, 0.5) is 0 Å². The molecular formula is C16H28N2O4. The number of methoxy groups -OCH3 is 1. The molecule has 0 atom stereocenters. The first kappa shape index (κ1) is 20.1. The van der Waals surface area contributed by atoms with E-state index in [2.05, 4.69) is 16.6 Å². The minimum atomic E-state index is -0.245. The van der Waals surface area contributed by atoms with Crippen LogP contribution in [-0.4, -0.2) is 49.4 Å². The Balaban J connectivity index is 0.000000763. The van der Waals surface area contributed by atoms with Gasteiger partial charge >= 0.3 is 5.97 Å². The van der Waals surface area contributed by atoms with Crippen LogP contribution in [0.15, 0.2) is 12.7 Å². The fraction of sp³-hybridized carbons (Fsp3) is 0.688. The number of amides is 2. The molecule has 1 saturated heterocycles. The van der Waals surface area contributed by atoms with Crippen LogP contribution in [0.25, 0.3) is 0 Å². The van der Waals surface area contributed by atoms with Gasteiger partial charge in [0.2, 0.25) is 11.8 Å². The largest absolute Gasteiger partial charge is 0.469 e. The molecule has 0 aromatic carbocycles. The predicted octanol–water partition coefficient (Wildman–Crippen LogP) is 1.65. The summed E-state index contributed by atoms with van der Waals surface area (Å²) in [7, 11) is 1.35. The SMILES string of the molecule is C=CC(=O)NCCCCCCN1CCCC1=O.COC(C)=O. The van der Waals surface area contributed by atoms with Crippen molar-refractivity contribution < 1.29 is 19.1 Å². The van der Waals surface area contributed by atoms with E-state index in [9.17, 15) is 14.4 Å². The molecule has 1 fully saturated rings. The third-order valence-corrected chi connectivity index (χ3v) is 3.30. The van der Waals surface area contributed by atoms with Gasteiger partial charge in [0.1, 0.15) is 0 Å². The summed E-state index contributed by atoms with van der Waals surface area (Å²) in [6.07, 6.45) is 7.32. The lowest BCUT2D eigenvalue weighted by Crippen LogP contribution is -2.25. The third kappa shape index (κ3) is 10.9. The molecule has 1 aliphatic heterocycles. The van der Waals surface area contributed by atoms with E-state index in [0.29, 0.717) is 12.5 Å². The zero-order valence-corrected chi connectivity index (χ0v) is 13.7. The highest BCUT2D eigenvalue weighted by Crippen LogP contribution is 2.11. The summed E-state index contributed by atoms with van der Waals surface area (Å²) in [6.45, 7) is 7.31. The van der Waals surface area contributed by atoms with Gasteiger partial charge in [-0.05, 0) is 25.3 Å². The maximum atomic E-state index is 11.3. The molecule has 0 bridgehead atoms. The number of nitrogens with zero attached hydrogens (tertiary/aromatic N) is 1. The number of esters is 1. The number of rotatable bonds is 8. The van der Waals surface area contributed by atoms with Crippen LogP contribution >= 0.6 is 0 Å². The van der Waals surface area contributed by atoms with Crippen molar-refractivity contribution in [2.45, 2.75) is 45.4 Å². The monoisotopic (exact) mass is 312 g/mol. The zero-order valence-electron chi connectivity index (χ0n) is 13.7. The van der Waals surface area contributed by atoms with E-state index < -0.39 is 0 Å². The van der Waals surface area contributed by atoms with E-state index in [4.69, 9.17) is 0 Å². The van der Waals surface area contributed by atoms with E-state index in [0.717, 1.165) is 51.6 Å². The quantitative estimate of drug-likeness (QED) is 0.420. The summed E-state index contributed by atoms with van der Waals surface area (Å²) in [5.74, 6) is -0.0408. The highest BCUT2D eigenvalue weighted by Gasteiger charge is 2.18. The van der Waals surface area contributed by atoms with Crippen LogP contribution in [0, 0.1) is 0 Å². The number of nitrogens with one attached hydrogen (secondary N) is 1. The van der Waals surface area contributed by atoms with E-state index in [-0.39, 0.29) is 11.9 Å². The molecule has 6 nitrogen and oxygen atoms in total. The Morgan fingerprint density at radius 3 is 2.45 bits per heavy atom. The molecule has 0 saturated carbocycles. The van der Waals surface area contributed by atoms with Crippen molar-refractivity contribution in [3.63, 3.8) is 0 Å². The molecule has 0 unspecified atom stereocenters. The average molecular weight is 312 g/mol. The minimum absolute atomic E-state index is 0.104. The fourth-order valence-electron chi connectivity index (χ4n) is 2.01. The lowest BCUT2D eigenvalue weighted by atomic mass is 10.2. The minimum Gasteiger partial charge on any atom is -0.469 e. The Bertz CT molecular complexity index is 369. The molecule has 1 heterocycles. The normalized spacial score (nSPS) is 13.2. The van der Waals surface area contributed by atoms with Crippen molar-refractivity contribution >= 4 is 17.8 Å². The molecule has 2 amide bonds. The smallest absolute Gasteiger partial charge is 0.302 e. The average Bonchev–Trinajstić information content (AvgIpc) is 2.91. The van der Waals surface area contributed by atoms with Crippen molar-refractivity contribution in [3.05, 3.63) is 12.7 Å². The molecular weight excluding hydrogens is 284 g/mol. The van der Waals surface area contributed by atoms with Crippen LogP contribution in [0.2, 0.25) is 0 Å². The molecule has 1 aliphatic rings.